The number of anilines is 1. The molecule has 2 heterocycles. The molecule has 1 atom stereocenters. The summed E-state index contributed by atoms with van der Waals surface area (Å²) in [6, 6.07) is 7.94. The molecule has 0 saturated heterocycles. The number of nitrogen functional groups attached to an aromatic ring is 1. The summed E-state index contributed by atoms with van der Waals surface area (Å²) in [4.78, 5) is 12.3. The average Bonchev–Trinajstić information content (AvgIpc) is 2.86. The van der Waals surface area contributed by atoms with Crippen molar-refractivity contribution in [2.75, 3.05) is 12.3 Å². The second-order valence-corrected chi connectivity index (χ2v) is 5.82. The van der Waals surface area contributed by atoms with Crippen LogP contribution in [0.5, 0.6) is 5.75 Å². The van der Waals surface area contributed by atoms with Gasteiger partial charge in [0.1, 0.15) is 5.75 Å². The van der Waals surface area contributed by atoms with E-state index in [1.807, 2.05) is 31.2 Å². The number of hydrogen-bond donors (Lipinski definition) is 1. The van der Waals surface area contributed by atoms with Crippen LogP contribution in [-0.4, -0.2) is 11.2 Å². The fourth-order valence-corrected chi connectivity index (χ4v) is 2.95. The lowest BCUT2D eigenvalue weighted by Gasteiger charge is -2.14. The number of halogens is 1. The number of rotatable bonds is 2. The molecule has 0 amide bonds. The first-order valence-electron chi connectivity index (χ1n) is 6.44. The molecule has 0 saturated carbocycles. The number of fused-ring (bicyclic) bond motifs is 1. The number of benzene rings is 1. The van der Waals surface area contributed by atoms with Gasteiger partial charge in [0.2, 0.25) is 0 Å². The Kier molecular flexibility index (Phi) is 3.30. The first-order valence-corrected chi connectivity index (χ1v) is 7.24. The summed E-state index contributed by atoms with van der Waals surface area (Å²) in [6.07, 6.45) is 1.71. The van der Waals surface area contributed by atoms with Crippen molar-refractivity contribution >= 4 is 21.6 Å². The summed E-state index contributed by atoms with van der Waals surface area (Å²) >= 11 is 3.32. The van der Waals surface area contributed by atoms with Crippen molar-refractivity contribution < 1.29 is 4.74 Å². The van der Waals surface area contributed by atoms with Crippen molar-refractivity contribution in [3.8, 4) is 5.75 Å². The molecule has 0 spiro atoms. The van der Waals surface area contributed by atoms with Gasteiger partial charge in [-0.15, -0.1) is 0 Å². The molecule has 2 aromatic rings. The van der Waals surface area contributed by atoms with Gasteiger partial charge >= 0.3 is 0 Å². The minimum absolute atomic E-state index is 0.0546. The van der Waals surface area contributed by atoms with E-state index in [2.05, 4.69) is 15.9 Å². The van der Waals surface area contributed by atoms with Crippen LogP contribution in [0, 0.1) is 6.92 Å². The summed E-state index contributed by atoms with van der Waals surface area (Å²) in [5, 5.41) is 0. The van der Waals surface area contributed by atoms with Gasteiger partial charge in [-0.25, -0.2) is 0 Å². The van der Waals surface area contributed by atoms with Crippen molar-refractivity contribution in [1.29, 1.82) is 0 Å². The van der Waals surface area contributed by atoms with E-state index in [1.54, 1.807) is 10.8 Å². The Morgan fingerprint density at radius 1 is 1.45 bits per heavy atom. The Bertz CT molecular complexity index is 724. The molecule has 0 bridgehead atoms. The molecule has 0 fully saturated rings. The van der Waals surface area contributed by atoms with Gasteiger partial charge in [-0.05, 0) is 34.5 Å². The van der Waals surface area contributed by atoms with Gasteiger partial charge in [-0.3, -0.25) is 4.79 Å². The molecule has 2 N–H and O–H groups in total. The lowest BCUT2D eigenvalue weighted by atomic mass is 10.0. The van der Waals surface area contributed by atoms with Crippen LogP contribution < -0.4 is 16.0 Å². The SMILES string of the molecule is Cc1c(N)cn(CC2COc3ccccc32)c(=O)c1Br. The van der Waals surface area contributed by atoms with Crippen LogP contribution in [0.3, 0.4) is 0 Å². The number of hydrogen-bond acceptors (Lipinski definition) is 3. The standard InChI is InChI=1S/C15H15BrN2O2/c1-9-12(17)7-18(15(19)14(9)16)6-10-8-20-13-5-3-2-4-11(10)13/h2-5,7,10H,6,8,17H2,1H3. The summed E-state index contributed by atoms with van der Waals surface area (Å²) in [7, 11) is 0. The summed E-state index contributed by atoms with van der Waals surface area (Å²) in [5.74, 6) is 1.09. The van der Waals surface area contributed by atoms with Crippen LogP contribution in [0.4, 0.5) is 5.69 Å². The maximum Gasteiger partial charge on any atom is 0.265 e. The lowest BCUT2D eigenvalue weighted by molar-refractivity contribution is 0.318. The maximum atomic E-state index is 12.3. The molecule has 1 aliphatic heterocycles. The number of nitrogens with two attached hydrogens (primary N) is 1. The summed E-state index contributed by atoms with van der Waals surface area (Å²) < 4.78 is 7.84. The highest BCUT2D eigenvalue weighted by atomic mass is 79.9. The Labute approximate surface area is 125 Å². The van der Waals surface area contributed by atoms with E-state index >= 15 is 0 Å². The Hall–Kier alpha value is -1.75. The smallest absolute Gasteiger partial charge is 0.265 e. The van der Waals surface area contributed by atoms with Gasteiger partial charge in [0, 0.05) is 24.2 Å². The van der Waals surface area contributed by atoms with Crippen LogP contribution in [-0.2, 0) is 6.54 Å². The molecule has 0 aliphatic carbocycles. The highest BCUT2D eigenvalue weighted by Gasteiger charge is 2.24. The van der Waals surface area contributed by atoms with E-state index in [-0.39, 0.29) is 11.5 Å². The van der Waals surface area contributed by atoms with Gasteiger partial charge in [0.05, 0.1) is 16.8 Å². The molecular weight excluding hydrogens is 320 g/mol. The molecule has 3 rings (SSSR count). The molecule has 1 aliphatic rings. The zero-order chi connectivity index (χ0) is 14.3. The third-order valence-electron chi connectivity index (χ3n) is 3.72. The maximum absolute atomic E-state index is 12.3. The summed E-state index contributed by atoms with van der Waals surface area (Å²) in [5.41, 5.74) is 8.43. The molecule has 4 nitrogen and oxygen atoms in total. The molecule has 20 heavy (non-hydrogen) atoms. The van der Waals surface area contributed by atoms with E-state index < -0.39 is 0 Å². The zero-order valence-electron chi connectivity index (χ0n) is 11.1. The predicted molar refractivity (Wildman–Crippen MR) is 82.2 cm³/mol. The Morgan fingerprint density at radius 2 is 2.20 bits per heavy atom. The summed E-state index contributed by atoms with van der Waals surface area (Å²) in [6.45, 7) is 3.00. The van der Waals surface area contributed by atoms with E-state index in [0.29, 0.717) is 23.3 Å². The van der Waals surface area contributed by atoms with E-state index in [0.717, 1.165) is 16.9 Å². The van der Waals surface area contributed by atoms with Gasteiger partial charge < -0.3 is 15.0 Å². The Morgan fingerprint density at radius 3 is 3.00 bits per heavy atom. The number of aromatic nitrogens is 1. The second kappa shape index (κ2) is 4.98. The minimum atomic E-state index is -0.0546. The molecule has 104 valence electrons. The quantitative estimate of drug-likeness (QED) is 0.918. The minimum Gasteiger partial charge on any atom is -0.493 e. The van der Waals surface area contributed by atoms with E-state index in [4.69, 9.17) is 10.5 Å². The number of para-hydroxylation sites is 1. The molecule has 1 unspecified atom stereocenters. The van der Waals surface area contributed by atoms with Crippen LogP contribution in [0.25, 0.3) is 0 Å². The van der Waals surface area contributed by atoms with Crippen molar-refractivity contribution in [1.82, 2.24) is 4.57 Å². The molecule has 1 aromatic heterocycles. The van der Waals surface area contributed by atoms with Crippen molar-refractivity contribution in [3.63, 3.8) is 0 Å². The molecule has 0 radical (unpaired) electrons. The van der Waals surface area contributed by atoms with Crippen LogP contribution >= 0.6 is 15.9 Å². The molecule has 5 heteroatoms. The van der Waals surface area contributed by atoms with Gasteiger partial charge in [0.15, 0.2) is 0 Å². The predicted octanol–water partition coefficient (Wildman–Crippen LogP) is 2.68. The largest absolute Gasteiger partial charge is 0.493 e. The van der Waals surface area contributed by atoms with Crippen LogP contribution in [0.2, 0.25) is 0 Å². The third kappa shape index (κ3) is 2.12. The van der Waals surface area contributed by atoms with Crippen molar-refractivity contribution in [3.05, 3.63) is 56.4 Å². The number of pyridine rings is 1. The fraction of sp³-hybridized carbons (Fsp3) is 0.267. The van der Waals surface area contributed by atoms with Crippen LogP contribution in [0.15, 0.2) is 39.7 Å². The lowest BCUT2D eigenvalue weighted by Crippen LogP contribution is -2.25. The number of nitrogens with zero attached hydrogens (tertiary/aromatic N) is 1. The monoisotopic (exact) mass is 334 g/mol. The fourth-order valence-electron chi connectivity index (χ4n) is 2.49. The first kappa shape index (κ1) is 13.2. The van der Waals surface area contributed by atoms with Gasteiger partial charge in [-0.2, -0.15) is 0 Å². The highest BCUT2D eigenvalue weighted by molar-refractivity contribution is 9.10. The topological polar surface area (TPSA) is 57.2 Å². The Balaban J connectivity index is 1.96. The number of ether oxygens (including phenoxy) is 1. The average molecular weight is 335 g/mol. The highest BCUT2D eigenvalue weighted by Crippen LogP contribution is 2.34. The molecule has 1 aromatic carbocycles. The van der Waals surface area contributed by atoms with Gasteiger partial charge in [0.25, 0.3) is 5.56 Å². The van der Waals surface area contributed by atoms with Crippen LogP contribution in [0.1, 0.15) is 17.0 Å². The second-order valence-electron chi connectivity index (χ2n) is 5.03. The first-order chi connectivity index (χ1) is 9.58. The zero-order valence-corrected chi connectivity index (χ0v) is 12.7. The van der Waals surface area contributed by atoms with E-state index in [9.17, 15) is 4.79 Å². The van der Waals surface area contributed by atoms with Gasteiger partial charge in [-0.1, -0.05) is 18.2 Å². The normalized spacial score (nSPS) is 16.8. The molecular formula is C15H15BrN2O2. The van der Waals surface area contributed by atoms with Crippen molar-refractivity contribution in [2.24, 2.45) is 0 Å². The van der Waals surface area contributed by atoms with Crippen molar-refractivity contribution in [2.45, 2.75) is 19.4 Å². The van der Waals surface area contributed by atoms with E-state index in [1.165, 1.54) is 0 Å². The third-order valence-corrected chi connectivity index (χ3v) is 4.66.